The van der Waals surface area contributed by atoms with Gasteiger partial charge in [0, 0.05) is 5.41 Å². The van der Waals surface area contributed by atoms with Crippen LogP contribution < -0.4 is 31.8 Å². The second kappa shape index (κ2) is 26.4. The van der Waals surface area contributed by atoms with E-state index in [1.165, 1.54) is 54.1 Å². The molecular formula is C64H55BF4P2Ru. The van der Waals surface area contributed by atoms with Crippen molar-refractivity contribution in [3.05, 3.63) is 307 Å². The molecule has 0 radical (unpaired) electrons. The molecule has 72 heavy (non-hydrogen) atoms. The molecule has 0 saturated carbocycles. The first-order valence-corrected chi connectivity index (χ1v) is 26.6. The Labute approximate surface area is 439 Å². The topological polar surface area (TPSA) is 0 Å². The minimum absolute atomic E-state index is 0. The fraction of sp³-hybridized carbons (Fsp3) is 0.0938. The molecule has 3 atom stereocenters. The third-order valence-electron chi connectivity index (χ3n) is 12.7. The maximum atomic E-state index is 9.75. The third-order valence-corrected chi connectivity index (χ3v) is 17.6. The van der Waals surface area contributed by atoms with Gasteiger partial charge in [0.15, 0.2) is 0 Å². The summed E-state index contributed by atoms with van der Waals surface area (Å²) in [5.74, 6) is 1.39. The van der Waals surface area contributed by atoms with Crippen molar-refractivity contribution in [1.82, 2.24) is 0 Å². The molecule has 0 unspecified atom stereocenters. The Morgan fingerprint density at radius 3 is 1.00 bits per heavy atom. The van der Waals surface area contributed by atoms with Gasteiger partial charge in [0.2, 0.25) is 0 Å². The number of benzene rings is 9. The summed E-state index contributed by atoms with van der Waals surface area (Å²) in [6, 6.07) is 95.3. The first-order valence-electron chi connectivity index (χ1n) is 23.9. The Morgan fingerprint density at radius 1 is 0.417 bits per heavy atom. The van der Waals surface area contributed by atoms with Crippen LogP contribution in [-0.4, -0.2) is 7.25 Å². The van der Waals surface area contributed by atoms with E-state index in [0.717, 1.165) is 6.42 Å². The second-order valence-electron chi connectivity index (χ2n) is 17.4. The molecule has 0 fully saturated rings. The zero-order valence-corrected chi connectivity index (χ0v) is 43.4. The third kappa shape index (κ3) is 14.2. The Hall–Kier alpha value is -6.27. The van der Waals surface area contributed by atoms with Crippen molar-refractivity contribution in [2.45, 2.75) is 24.7 Å². The first-order chi connectivity index (χ1) is 34.7. The molecule has 0 bridgehead atoms. The quantitative estimate of drug-likeness (QED) is 0.0585. The number of halogens is 4. The van der Waals surface area contributed by atoms with Gasteiger partial charge in [0.05, 0.1) is 0 Å². The maximum absolute atomic E-state index is 9.75. The monoisotopic (exact) mass is 1070 g/mol. The first kappa shape index (κ1) is 53.5. The second-order valence-corrected chi connectivity index (χ2v) is 21.9. The van der Waals surface area contributed by atoms with E-state index >= 15 is 0 Å². The largest absolute Gasteiger partial charge is 2.00 e. The van der Waals surface area contributed by atoms with Gasteiger partial charge < -0.3 is 23.3 Å². The molecule has 0 saturated heterocycles. The molecule has 0 amide bonds. The molecule has 360 valence electrons. The Morgan fingerprint density at radius 2 is 0.694 bits per heavy atom. The van der Waals surface area contributed by atoms with Crippen LogP contribution in [-0.2, 0) is 24.9 Å². The Kier molecular flexibility index (Phi) is 19.6. The average molecular weight is 1070 g/mol. The summed E-state index contributed by atoms with van der Waals surface area (Å²) in [4.78, 5) is 0. The van der Waals surface area contributed by atoms with E-state index in [9.17, 15) is 17.3 Å². The predicted octanol–water partition coefficient (Wildman–Crippen LogP) is 15.0. The standard InChI is InChI=1S/C28H25.2C18H15P.BF4.Ru/c1-21-20-28(23-11-4-2-5-12-23,24-13-6-3-7-14-24)19-18-25(21)27-17-16-22-10-8-9-15-26(22)27;2*1-4-10-16(11-5-1)19(17-12-6-2-7-13-17)18-14-8-3-9-15-18;2-1(3,4)5;/h2-17,19,21,25,27H,20H2,1H3;2*1-15H;;/q-1;;;-1;+2/t21-,25-,27+;;;;/m0..../s1. The molecule has 0 spiro atoms. The fourth-order valence-corrected chi connectivity index (χ4v) is 14.2. The summed E-state index contributed by atoms with van der Waals surface area (Å²) in [5, 5.41) is 8.39. The van der Waals surface area contributed by atoms with Gasteiger partial charge in [-0.25, -0.2) is 0 Å². The van der Waals surface area contributed by atoms with Gasteiger partial charge in [-0.3, -0.25) is 6.08 Å². The Bertz CT molecular complexity index is 2670. The summed E-state index contributed by atoms with van der Waals surface area (Å²) in [6.07, 6.45) is 12.0. The van der Waals surface area contributed by atoms with E-state index in [1.807, 2.05) is 0 Å². The number of hydrogen-bond acceptors (Lipinski definition) is 0. The van der Waals surface area contributed by atoms with Crippen molar-refractivity contribution in [3.8, 4) is 0 Å². The number of rotatable bonds is 9. The van der Waals surface area contributed by atoms with Crippen LogP contribution in [0.2, 0.25) is 0 Å². The van der Waals surface area contributed by atoms with Crippen LogP contribution in [0, 0.1) is 17.9 Å². The van der Waals surface area contributed by atoms with Crippen molar-refractivity contribution in [1.29, 1.82) is 0 Å². The van der Waals surface area contributed by atoms with Crippen molar-refractivity contribution >= 4 is 61.0 Å². The van der Waals surface area contributed by atoms with Crippen LogP contribution in [0.3, 0.4) is 0 Å². The van der Waals surface area contributed by atoms with Gasteiger partial charge in [-0.2, -0.15) is 5.92 Å². The molecule has 2 aliphatic carbocycles. The van der Waals surface area contributed by atoms with Crippen molar-refractivity contribution in [2.75, 3.05) is 0 Å². The van der Waals surface area contributed by atoms with E-state index in [-0.39, 0.29) is 24.9 Å². The van der Waals surface area contributed by atoms with Gasteiger partial charge in [-0.1, -0.05) is 292 Å². The number of hydrogen-bond donors (Lipinski definition) is 0. The average Bonchev–Trinajstić information content (AvgIpc) is 3.85. The predicted molar refractivity (Wildman–Crippen MR) is 297 cm³/mol. The van der Waals surface area contributed by atoms with Crippen LogP contribution in [0.5, 0.6) is 0 Å². The van der Waals surface area contributed by atoms with E-state index < -0.39 is 23.1 Å². The maximum Gasteiger partial charge on any atom is 2.00 e. The van der Waals surface area contributed by atoms with Crippen LogP contribution in [0.15, 0.2) is 279 Å². The zero-order valence-electron chi connectivity index (χ0n) is 39.9. The van der Waals surface area contributed by atoms with E-state index in [1.54, 1.807) is 0 Å². The number of allylic oxidation sites excluding steroid dienone is 3. The molecule has 8 heteroatoms. The summed E-state index contributed by atoms with van der Waals surface area (Å²) in [7, 11) is -6.89. The van der Waals surface area contributed by atoms with Gasteiger partial charge >= 0.3 is 26.7 Å². The zero-order chi connectivity index (χ0) is 49.3. The van der Waals surface area contributed by atoms with Gasteiger partial charge in [0.1, 0.15) is 0 Å². The minimum Gasteiger partial charge on any atom is -0.495 e. The van der Waals surface area contributed by atoms with Gasteiger partial charge in [-0.05, 0) is 82.3 Å². The SMILES string of the molecule is C[C@H]1CC(c2ccccc2)(c2ccccc2)C=[C-][C@@H]1[C@H]1C=Cc2ccccc21.F[B-](F)(F)F.[Ru+2].c1ccc(P(c2ccccc2)c2ccccc2)cc1.c1ccc(P(c2ccccc2)c2ccccc2)cc1. The molecule has 2 aliphatic rings. The van der Waals surface area contributed by atoms with Crippen LogP contribution in [0.1, 0.15) is 41.5 Å². The van der Waals surface area contributed by atoms with E-state index in [4.69, 9.17) is 0 Å². The van der Waals surface area contributed by atoms with Crippen LogP contribution >= 0.6 is 15.8 Å². The number of fused-ring (bicyclic) bond motifs is 1. The summed E-state index contributed by atoms with van der Waals surface area (Å²) >= 11 is 0. The Balaban J connectivity index is 0.000000154. The van der Waals surface area contributed by atoms with Crippen LogP contribution in [0.4, 0.5) is 17.3 Å². The van der Waals surface area contributed by atoms with Gasteiger partial charge in [-0.15, -0.1) is 0 Å². The van der Waals surface area contributed by atoms with E-state index in [0.29, 0.717) is 17.8 Å². The molecule has 9 aromatic rings. The van der Waals surface area contributed by atoms with Gasteiger partial charge in [0.25, 0.3) is 0 Å². The molecule has 0 N–H and O–H groups in total. The molecule has 0 aromatic heterocycles. The molecule has 0 heterocycles. The summed E-state index contributed by atoms with van der Waals surface area (Å²) in [5.41, 5.74) is 5.44. The fourth-order valence-electron chi connectivity index (χ4n) is 9.54. The molecule has 0 nitrogen and oxygen atoms in total. The van der Waals surface area contributed by atoms with E-state index in [2.05, 4.69) is 298 Å². The summed E-state index contributed by atoms with van der Waals surface area (Å²) < 4.78 is 39.0. The normalized spacial score (nSPS) is 16.1. The van der Waals surface area contributed by atoms with Crippen molar-refractivity contribution in [2.24, 2.45) is 11.8 Å². The molecule has 11 rings (SSSR count). The van der Waals surface area contributed by atoms with Crippen molar-refractivity contribution in [3.63, 3.8) is 0 Å². The minimum atomic E-state index is -6.00. The van der Waals surface area contributed by atoms with Crippen molar-refractivity contribution < 1.29 is 36.7 Å². The van der Waals surface area contributed by atoms with Crippen LogP contribution in [0.25, 0.3) is 6.08 Å². The molecular weight excluding hydrogens is 1020 g/mol. The summed E-state index contributed by atoms with van der Waals surface area (Å²) in [6.45, 7) is 2.40. The molecule has 9 aromatic carbocycles. The smallest absolute Gasteiger partial charge is 0.495 e. The molecule has 0 aliphatic heterocycles.